The zero-order valence-corrected chi connectivity index (χ0v) is 15.3. The molecule has 0 spiro atoms. The van der Waals surface area contributed by atoms with Gasteiger partial charge in [-0.2, -0.15) is 0 Å². The SMILES string of the molecule is CSc1nc(Cc2ccccc2)cc(Nc2nc3ccccc3s2)n1. The highest BCUT2D eigenvalue weighted by Gasteiger charge is 2.08. The number of nitrogens with one attached hydrogen (secondary N) is 1. The third-order valence-corrected chi connectivity index (χ3v) is 5.20. The van der Waals surface area contributed by atoms with Gasteiger partial charge in [0.2, 0.25) is 0 Å². The predicted molar refractivity (Wildman–Crippen MR) is 106 cm³/mol. The molecule has 2 aromatic heterocycles. The lowest BCUT2D eigenvalue weighted by molar-refractivity contribution is 0.909. The standard InChI is InChI=1S/C19H16N4S2/c1-24-18-20-14(11-13-7-3-2-4-8-13)12-17(22-18)23-19-21-15-9-5-6-10-16(15)25-19/h2-10,12H,11H2,1H3,(H,20,21,22,23). The molecule has 6 heteroatoms. The van der Waals surface area contributed by atoms with Gasteiger partial charge in [0.15, 0.2) is 10.3 Å². The predicted octanol–water partition coefficient (Wildman–Crippen LogP) is 5.14. The summed E-state index contributed by atoms with van der Waals surface area (Å²) in [5, 5.41) is 4.94. The number of benzene rings is 2. The zero-order valence-electron chi connectivity index (χ0n) is 13.6. The van der Waals surface area contributed by atoms with E-state index in [9.17, 15) is 0 Å². The number of hydrogen-bond acceptors (Lipinski definition) is 6. The molecule has 124 valence electrons. The fourth-order valence-electron chi connectivity index (χ4n) is 2.56. The van der Waals surface area contributed by atoms with E-state index < -0.39 is 0 Å². The van der Waals surface area contributed by atoms with Gasteiger partial charge in [-0.1, -0.05) is 65.6 Å². The van der Waals surface area contributed by atoms with Gasteiger partial charge in [0.05, 0.1) is 15.9 Å². The fourth-order valence-corrected chi connectivity index (χ4v) is 3.83. The van der Waals surface area contributed by atoms with Crippen molar-refractivity contribution >= 4 is 44.3 Å². The molecule has 0 bridgehead atoms. The molecule has 0 unspecified atom stereocenters. The Morgan fingerprint density at radius 3 is 2.56 bits per heavy atom. The summed E-state index contributed by atoms with van der Waals surface area (Å²) in [6.07, 6.45) is 2.77. The quantitative estimate of drug-likeness (QED) is 0.392. The Balaban J connectivity index is 1.63. The first-order valence-corrected chi connectivity index (χ1v) is 9.93. The van der Waals surface area contributed by atoms with Gasteiger partial charge in [0.25, 0.3) is 0 Å². The van der Waals surface area contributed by atoms with E-state index in [1.807, 2.05) is 48.7 Å². The zero-order chi connectivity index (χ0) is 17.1. The molecule has 0 saturated heterocycles. The van der Waals surface area contributed by atoms with Crippen LogP contribution >= 0.6 is 23.1 Å². The molecule has 0 aliphatic carbocycles. The number of para-hydroxylation sites is 1. The number of thioether (sulfide) groups is 1. The molecule has 0 saturated carbocycles. The van der Waals surface area contributed by atoms with Crippen molar-refractivity contribution in [2.75, 3.05) is 11.6 Å². The third-order valence-electron chi connectivity index (χ3n) is 3.70. The van der Waals surface area contributed by atoms with Gasteiger partial charge in [-0.3, -0.25) is 0 Å². The number of aromatic nitrogens is 3. The number of fused-ring (bicyclic) bond motifs is 1. The van der Waals surface area contributed by atoms with Crippen LogP contribution in [0.15, 0.2) is 65.8 Å². The van der Waals surface area contributed by atoms with Crippen LogP contribution in [0.4, 0.5) is 10.9 Å². The summed E-state index contributed by atoms with van der Waals surface area (Å²) in [6, 6.07) is 20.5. The van der Waals surface area contributed by atoms with Crippen LogP contribution in [-0.4, -0.2) is 21.2 Å². The Morgan fingerprint density at radius 1 is 0.960 bits per heavy atom. The molecule has 0 amide bonds. The first-order chi connectivity index (χ1) is 12.3. The van der Waals surface area contributed by atoms with Crippen LogP contribution in [0.2, 0.25) is 0 Å². The van der Waals surface area contributed by atoms with Crippen LogP contribution in [-0.2, 0) is 6.42 Å². The molecule has 4 rings (SSSR count). The first kappa shape index (κ1) is 16.1. The van der Waals surface area contributed by atoms with Crippen LogP contribution in [0.1, 0.15) is 11.3 Å². The maximum Gasteiger partial charge on any atom is 0.189 e. The average molecular weight is 364 g/mol. The molecule has 2 aromatic carbocycles. The molecule has 0 aliphatic rings. The van der Waals surface area contributed by atoms with Gasteiger partial charge in [-0.25, -0.2) is 15.0 Å². The van der Waals surface area contributed by atoms with Crippen LogP contribution < -0.4 is 5.32 Å². The minimum absolute atomic E-state index is 0.761. The van der Waals surface area contributed by atoms with Gasteiger partial charge in [-0.15, -0.1) is 0 Å². The Kier molecular flexibility index (Phi) is 4.63. The van der Waals surface area contributed by atoms with Crippen molar-refractivity contribution in [1.82, 2.24) is 15.0 Å². The van der Waals surface area contributed by atoms with E-state index in [4.69, 9.17) is 0 Å². The summed E-state index contributed by atoms with van der Waals surface area (Å²) in [4.78, 5) is 13.8. The summed E-state index contributed by atoms with van der Waals surface area (Å²) < 4.78 is 1.16. The van der Waals surface area contributed by atoms with E-state index in [0.717, 1.165) is 38.4 Å². The number of anilines is 2. The molecule has 4 aromatic rings. The van der Waals surface area contributed by atoms with E-state index in [2.05, 4.69) is 38.5 Å². The van der Waals surface area contributed by atoms with Crippen molar-refractivity contribution in [1.29, 1.82) is 0 Å². The summed E-state index contributed by atoms with van der Waals surface area (Å²) in [7, 11) is 0. The van der Waals surface area contributed by atoms with E-state index in [1.54, 1.807) is 23.1 Å². The summed E-state index contributed by atoms with van der Waals surface area (Å²) in [5.74, 6) is 0.782. The minimum Gasteiger partial charge on any atom is -0.316 e. The molecule has 1 N–H and O–H groups in total. The van der Waals surface area contributed by atoms with E-state index in [0.29, 0.717) is 0 Å². The lowest BCUT2D eigenvalue weighted by Crippen LogP contribution is -2.01. The molecule has 4 nitrogen and oxygen atoms in total. The van der Waals surface area contributed by atoms with E-state index in [1.165, 1.54) is 5.56 Å². The average Bonchev–Trinajstić information content (AvgIpc) is 3.04. The molecule has 2 heterocycles. The second-order valence-electron chi connectivity index (χ2n) is 5.51. The van der Waals surface area contributed by atoms with Crippen molar-refractivity contribution in [3.63, 3.8) is 0 Å². The lowest BCUT2D eigenvalue weighted by atomic mass is 10.1. The fraction of sp³-hybridized carbons (Fsp3) is 0.105. The molecule has 0 fully saturated rings. The highest BCUT2D eigenvalue weighted by atomic mass is 32.2. The van der Waals surface area contributed by atoms with Crippen molar-refractivity contribution in [3.8, 4) is 0 Å². The van der Waals surface area contributed by atoms with Gasteiger partial charge in [0.1, 0.15) is 5.82 Å². The molecule has 0 aliphatic heterocycles. The molecular formula is C19H16N4S2. The second-order valence-corrected chi connectivity index (χ2v) is 7.31. The lowest BCUT2D eigenvalue weighted by Gasteiger charge is -2.07. The Hall–Kier alpha value is -2.44. The Morgan fingerprint density at radius 2 is 1.76 bits per heavy atom. The minimum atomic E-state index is 0.761. The van der Waals surface area contributed by atoms with Crippen LogP contribution in [0, 0.1) is 0 Å². The topological polar surface area (TPSA) is 50.7 Å². The maximum absolute atomic E-state index is 4.63. The molecule has 0 atom stereocenters. The normalized spacial score (nSPS) is 10.9. The monoisotopic (exact) mass is 364 g/mol. The summed E-state index contributed by atoms with van der Waals surface area (Å²) in [5.41, 5.74) is 3.23. The summed E-state index contributed by atoms with van der Waals surface area (Å²) in [6.45, 7) is 0. The molecule has 25 heavy (non-hydrogen) atoms. The van der Waals surface area contributed by atoms with E-state index >= 15 is 0 Å². The van der Waals surface area contributed by atoms with Gasteiger partial charge >= 0.3 is 0 Å². The number of thiazole rings is 1. The summed E-state index contributed by atoms with van der Waals surface area (Å²) >= 11 is 3.17. The van der Waals surface area contributed by atoms with Crippen molar-refractivity contribution in [3.05, 3.63) is 71.9 Å². The van der Waals surface area contributed by atoms with Gasteiger partial charge in [-0.05, 0) is 24.0 Å². The number of nitrogens with zero attached hydrogens (tertiary/aromatic N) is 3. The highest BCUT2D eigenvalue weighted by molar-refractivity contribution is 7.98. The van der Waals surface area contributed by atoms with Crippen molar-refractivity contribution < 1.29 is 0 Å². The Bertz CT molecular complexity index is 966. The van der Waals surface area contributed by atoms with Crippen LogP contribution in [0.25, 0.3) is 10.2 Å². The molecule has 0 radical (unpaired) electrons. The number of rotatable bonds is 5. The van der Waals surface area contributed by atoms with Crippen molar-refractivity contribution in [2.24, 2.45) is 0 Å². The third kappa shape index (κ3) is 3.81. The van der Waals surface area contributed by atoms with Gasteiger partial charge in [0, 0.05) is 12.5 Å². The van der Waals surface area contributed by atoms with Crippen LogP contribution in [0.3, 0.4) is 0 Å². The number of hydrogen-bond donors (Lipinski definition) is 1. The highest BCUT2D eigenvalue weighted by Crippen LogP contribution is 2.28. The molecular weight excluding hydrogens is 348 g/mol. The maximum atomic E-state index is 4.63. The van der Waals surface area contributed by atoms with Crippen LogP contribution in [0.5, 0.6) is 0 Å². The van der Waals surface area contributed by atoms with Gasteiger partial charge < -0.3 is 5.32 Å². The first-order valence-electron chi connectivity index (χ1n) is 7.88. The largest absolute Gasteiger partial charge is 0.316 e. The van der Waals surface area contributed by atoms with Crippen molar-refractivity contribution in [2.45, 2.75) is 11.6 Å². The Labute approximate surface area is 154 Å². The van der Waals surface area contributed by atoms with E-state index in [-0.39, 0.29) is 0 Å². The second kappa shape index (κ2) is 7.21. The smallest absolute Gasteiger partial charge is 0.189 e.